The Bertz CT molecular complexity index is 1180. The van der Waals surface area contributed by atoms with E-state index in [1.807, 2.05) is 22.7 Å². The van der Waals surface area contributed by atoms with Gasteiger partial charge >= 0.3 is 0 Å². The molecule has 6 rings (SSSR count). The number of rotatable bonds is 4. The Hall–Kier alpha value is -3.14. The highest BCUT2D eigenvalue weighted by molar-refractivity contribution is 5.82. The molecule has 0 N–H and O–H groups in total. The van der Waals surface area contributed by atoms with E-state index in [1.54, 1.807) is 0 Å². The number of imidazole rings is 1. The van der Waals surface area contributed by atoms with Gasteiger partial charge in [0.1, 0.15) is 11.8 Å². The van der Waals surface area contributed by atoms with E-state index >= 15 is 0 Å². The average Bonchev–Trinajstić information content (AvgIpc) is 3.28. The predicted molar refractivity (Wildman–Crippen MR) is 110 cm³/mol. The minimum Gasteiger partial charge on any atom is -0.473 e. The van der Waals surface area contributed by atoms with Gasteiger partial charge in [0.2, 0.25) is 5.88 Å². The van der Waals surface area contributed by atoms with Crippen LogP contribution in [-0.2, 0) is 12.8 Å². The van der Waals surface area contributed by atoms with E-state index in [9.17, 15) is 0 Å². The van der Waals surface area contributed by atoms with Crippen molar-refractivity contribution in [3.63, 3.8) is 0 Å². The van der Waals surface area contributed by atoms with Gasteiger partial charge in [0, 0.05) is 17.2 Å². The highest BCUT2D eigenvalue weighted by atomic mass is 16.5. The lowest BCUT2D eigenvalue weighted by Crippen LogP contribution is -2.02. The third-order valence-corrected chi connectivity index (χ3v) is 5.68. The summed E-state index contributed by atoms with van der Waals surface area (Å²) < 4.78 is 7.88. The molecule has 28 heavy (non-hydrogen) atoms. The number of fused-ring (bicyclic) bond motifs is 2. The predicted octanol–water partition coefficient (Wildman–Crippen LogP) is 5.09. The second kappa shape index (κ2) is 6.20. The molecule has 0 bridgehead atoms. The fourth-order valence-electron chi connectivity index (χ4n) is 4.11. The molecule has 2 aliphatic rings. The number of nitrogens with zero attached hydrogens (tertiary/aromatic N) is 3. The van der Waals surface area contributed by atoms with Gasteiger partial charge in [-0.3, -0.25) is 0 Å². The van der Waals surface area contributed by atoms with Crippen molar-refractivity contribution in [2.24, 2.45) is 0 Å². The zero-order valence-corrected chi connectivity index (χ0v) is 15.6. The Morgan fingerprint density at radius 2 is 1.71 bits per heavy atom. The first-order chi connectivity index (χ1) is 13.8. The average molecular weight is 367 g/mol. The molecule has 0 saturated heterocycles. The van der Waals surface area contributed by atoms with Gasteiger partial charge in [-0.2, -0.15) is 0 Å². The maximum Gasteiger partial charge on any atom is 0.232 e. The van der Waals surface area contributed by atoms with E-state index in [2.05, 4.69) is 42.5 Å². The molecule has 1 saturated carbocycles. The van der Waals surface area contributed by atoms with Crippen LogP contribution in [0.25, 0.3) is 28.2 Å². The van der Waals surface area contributed by atoms with Crippen LogP contribution in [0.2, 0.25) is 0 Å². The van der Waals surface area contributed by atoms with E-state index < -0.39 is 0 Å². The minimum absolute atomic E-state index is 0.324. The summed E-state index contributed by atoms with van der Waals surface area (Å²) in [5.74, 6) is 0.671. The van der Waals surface area contributed by atoms with E-state index in [4.69, 9.17) is 14.8 Å². The molecule has 2 aromatic heterocycles. The molecule has 2 aliphatic carbocycles. The molecule has 4 aromatic rings. The van der Waals surface area contributed by atoms with Crippen molar-refractivity contribution in [3.8, 4) is 28.4 Å². The van der Waals surface area contributed by atoms with Crippen molar-refractivity contribution in [1.29, 1.82) is 0 Å². The number of hydrogen-bond acceptors (Lipinski definition) is 3. The molecule has 0 unspecified atom stereocenters. The van der Waals surface area contributed by atoms with Crippen molar-refractivity contribution in [2.75, 3.05) is 0 Å². The number of aromatic nitrogens is 3. The lowest BCUT2D eigenvalue weighted by Gasteiger charge is -2.08. The maximum atomic E-state index is 5.94. The Balaban J connectivity index is 1.57. The van der Waals surface area contributed by atoms with Gasteiger partial charge in [0.15, 0.2) is 5.65 Å². The van der Waals surface area contributed by atoms with Crippen molar-refractivity contribution < 1.29 is 4.74 Å². The summed E-state index contributed by atoms with van der Waals surface area (Å²) in [4.78, 5) is 4.97. The van der Waals surface area contributed by atoms with Crippen LogP contribution in [0.3, 0.4) is 0 Å². The molecule has 2 heterocycles. The molecule has 4 nitrogen and oxygen atoms in total. The summed E-state index contributed by atoms with van der Waals surface area (Å²) in [7, 11) is 0. The summed E-state index contributed by atoms with van der Waals surface area (Å²) in [5, 5.41) is 4.78. The number of hydrogen-bond donors (Lipinski definition) is 0. The maximum absolute atomic E-state index is 5.94. The van der Waals surface area contributed by atoms with Crippen LogP contribution in [-0.4, -0.2) is 20.7 Å². The summed E-state index contributed by atoms with van der Waals surface area (Å²) in [5.41, 5.74) is 8.06. The van der Waals surface area contributed by atoms with Crippen LogP contribution in [0.15, 0.2) is 60.7 Å². The third-order valence-electron chi connectivity index (χ3n) is 5.68. The Morgan fingerprint density at radius 3 is 2.57 bits per heavy atom. The van der Waals surface area contributed by atoms with Crippen molar-refractivity contribution >= 4 is 5.65 Å². The van der Waals surface area contributed by atoms with Gasteiger partial charge in [0.05, 0.1) is 5.69 Å². The lowest BCUT2D eigenvalue weighted by molar-refractivity contribution is 0.286. The minimum atomic E-state index is 0.324. The van der Waals surface area contributed by atoms with Crippen LogP contribution < -0.4 is 4.74 Å². The second-order valence-electron chi connectivity index (χ2n) is 7.77. The zero-order chi connectivity index (χ0) is 18.5. The van der Waals surface area contributed by atoms with E-state index in [0.717, 1.165) is 47.4 Å². The zero-order valence-electron chi connectivity index (χ0n) is 15.6. The van der Waals surface area contributed by atoms with Gasteiger partial charge in [0.25, 0.3) is 0 Å². The summed E-state index contributed by atoms with van der Waals surface area (Å²) in [6.45, 7) is 0. The lowest BCUT2D eigenvalue weighted by atomic mass is 10.0. The molecule has 2 aromatic carbocycles. The van der Waals surface area contributed by atoms with Gasteiger partial charge in [-0.15, -0.1) is 5.10 Å². The van der Waals surface area contributed by atoms with Crippen LogP contribution in [0.5, 0.6) is 5.88 Å². The summed E-state index contributed by atoms with van der Waals surface area (Å²) in [6.07, 6.45) is 6.17. The molecular formula is C24H21N3O. The standard InChI is InChI=1S/C24H21N3O/c1-2-5-17(6-3-1)24-23(19-10-9-16-7-4-8-18(16)15-19)25-21-13-14-22(26-27(21)24)28-20-11-12-20/h1-3,5-6,9-10,13-15,20H,4,7-8,11-12H2. The van der Waals surface area contributed by atoms with Gasteiger partial charge < -0.3 is 4.74 Å². The topological polar surface area (TPSA) is 39.4 Å². The Labute approximate surface area is 163 Å². The summed E-state index contributed by atoms with van der Waals surface area (Å²) >= 11 is 0. The molecule has 4 heteroatoms. The SMILES string of the molecule is c1ccc(-c2c(-c3ccc4c(c3)CCC4)nc3ccc(OC4CC4)nn23)cc1. The fourth-order valence-corrected chi connectivity index (χ4v) is 4.11. The quantitative estimate of drug-likeness (QED) is 0.504. The Morgan fingerprint density at radius 1 is 0.857 bits per heavy atom. The van der Waals surface area contributed by atoms with Crippen LogP contribution in [0.1, 0.15) is 30.4 Å². The highest BCUT2D eigenvalue weighted by Crippen LogP contribution is 2.35. The van der Waals surface area contributed by atoms with Gasteiger partial charge in [-0.1, -0.05) is 42.5 Å². The van der Waals surface area contributed by atoms with Gasteiger partial charge in [-0.25, -0.2) is 9.50 Å². The van der Waals surface area contributed by atoms with Gasteiger partial charge in [-0.05, 0) is 55.4 Å². The largest absolute Gasteiger partial charge is 0.473 e. The molecule has 1 fully saturated rings. The molecule has 0 atom stereocenters. The van der Waals surface area contributed by atoms with E-state index in [-0.39, 0.29) is 0 Å². The first-order valence-electron chi connectivity index (χ1n) is 10.1. The van der Waals surface area contributed by atoms with E-state index in [0.29, 0.717) is 12.0 Å². The number of ether oxygens (including phenoxy) is 1. The third kappa shape index (κ3) is 2.68. The van der Waals surface area contributed by atoms with Crippen molar-refractivity contribution in [1.82, 2.24) is 14.6 Å². The molecular weight excluding hydrogens is 346 g/mol. The van der Waals surface area contributed by atoms with Crippen LogP contribution in [0, 0.1) is 0 Å². The van der Waals surface area contributed by atoms with E-state index in [1.165, 1.54) is 24.0 Å². The first-order valence-corrected chi connectivity index (χ1v) is 10.1. The smallest absolute Gasteiger partial charge is 0.232 e. The molecule has 138 valence electrons. The monoisotopic (exact) mass is 367 g/mol. The normalized spacial score (nSPS) is 15.7. The summed E-state index contributed by atoms with van der Waals surface area (Å²) in [6, 6.07) is 21.1. The molecule has 0 radical (unpaired) electrons. The number of aryl methyl sites for hydroxylation is 2. The van der Waals surface area contributed by atoms with Crippen molar-refractivity contribution in [3.05, 3.63) is 71.8 Å². The molecule has 0 amide bonds. The fraction of sp³-hybridized carbons (Fsp3) is 0.250. The molecule has 0 aliphatic heterocycles. The number of benzene rings is 2. The van der Waals surface area contributed by atoms with Crippen LogP contribution in [0.4, 0.5) is 0 Å². The second-order valence-corrected chi connectivity index (χ2v) is 7.77. The molecule has 0 spiro atoms. The van der Waals surface area contributed by atoms with Crippen LogP contribution >= 0.6 is 0 Å². The Kier molecular flexibility index (Phi) is 3.51. The van der Waals surface area contributed by atoms with Crippen molar-refractivity contribution in [2.45, 2.75) is 38.2 Å². The highest BCUT2D eigenvalue weighted by Gasteiger charge is 2.25. The first kappa shape index (κ1) is 15.9.